The molecule has 0 saturated carbocycles. The molecule has 1 N–H and O–H groups in total. The molecule has 3 aromatic rings. The SMILES string of the molecule is CC1COC(O)c2c(-c3ccc(F)cc3)c3ccccc3n21. The van der Waals surface area contributed by atoms with Crippen LogP contribution in [-0.2, 0) is 4.74 Å². The van der Waals surface area contributed by atoms with Crippen molar-refractivity contribution in [3.63, 3.8) is 0 Å². The predicted octanol–water partition coefficient (Wildman–Crippen LogP) is 4.03. The molecule has 2 atom stereocenters. The van der Waals surface area contributed by atoms with Gasteiger partial charge in [0.1, 0.15) is 5.82 Å². The number of rotatable bonds is 1. The van der Waals surface area contributed by atoms with Gasteiger partial charge in [0.2, 0.25) is 0 Å². The molecule has 0 amide bonds. The molecule has 2 unspecified atom stereocenters. The molecule has 0 aliphatic carbocycles. The van der Waals surface area contributed by atoms with Crippen LogP contribution in [0, 0.1) is 5.82 Å². The van der Waals surface area contributed by atoms with Crippen LogP contribution in [0.1, 0.15) is 24.9 Å². The summed E-state index contributed by atoms with van der Waals surface area (Å²) < 4.78 is 20.9. The molecule has 4 heteroatoms. The van der Waals surface area contributed by atoms with E-state index in [0.717, 1.165) is 27.7 Å². The standard InChI is InChI=1S/C18H16FNO2/c1-11-10-22-18(21)17-16(12-6-8-13(19)9-7-12)14-4-2-3-5-15(14)20(11)17/h2-9,11,18,21H,10H2,1H3. The van der Waals surface area contributed by atoms with Gasteiger partial charge in [-0.15, -0.1) is 0 Å². The number of nitrogens with zero attached hydrogens (tertiary/aromatic N) is 1. The monoisotopic (exact) mass is 297 g/mol. The van der Waals surface area contributed by atoms with E-state index in [1.54, 1.807) is 12.1 Å². The normalized spacial score (nSPS) is 21.0. The minimum atomic E-state index is -0.969. The van der Waals surface area contributed by atoms with Crippen molar-refractivity contribution in [3.05, 3.63) is 60.0 Å². The van der Waals surface area contributed by atoms with E-state index in [9.17, 15) is 9.50 Å². The highest BCUT2D eigenvalue weighted by Crippen LogP contribution is 2.42. The van der Waals surface area contributed by atoms with Gasteiger partial charge in [-0.2, -0.15) is 0 Å². The zero-order chi connectivity index (χ0) is 15.3. The van der Waals surface area contributed by atoms with Crippen LogP contribution in [0.15, 0.2) is 48.5 Å². The molecule has 0 bridgehead atoms. The highest BCUT2D eigenvalue weighted by atomic mass is 19.1. The van der Waals surface area contributed by atoms with Crippen molar-refractivity contribution in [1.29, 1.82) is 0 Å². The Hall–Kier alpha value is -2.17. The summed E-state index contributed by atoms with van der Waals surface area (Å²) in [7, 11) is 0. The number of aromatic nitrogens is 1. The summed E-state index contributed by atoms with van der Waals surface area (Å²) in [4.78, 5) is 0. The van der Waals surface area contributed by atoms with E-state index in [1.807, 2.05) is 24.3 Å². The molecule has 4 rings (SSSR count). The van der Waals surface area contributed by atoms with Gasteiger partial charge >= 0.3 is 0 Å². The van der Waals surface area contributed by atoms with E-state index in [4.69, 9.17) is 4.74 Å². The summed E-state index contributed by atoms with van der Waals surface area (Å²) in [5.74, 6) is -0.272. The maximum Gasteiger partial charge on any atom is 0.197 e. The molecule has 22 heavy (non-hydrogen) atoms. The first-order chi connectivity index (χ1) is 10.7. The van der Waals surface area contributed by atoms with Crippen LogP contribution in [0.25, 0.3) is 22.0 Å². The van der Waals surface area contributed by atoms with Gasteiger partial charge in [-0.05, 0) is 30.7 Å². The fourth-order valence-corrected chi connectivity index (χ4v) is 3.30. The van der Waals surface area contributed by atoms with Crippen LogP contribution >= 0.6 is 0 Å². The van der Waals surface area contributed by atoms with E-state index in [-0.39, 0.29) is 11.9 Å². The Balaban J connectivity index is 2.09. The molecule has 0 fully saturated rings. The van der Waals surface area contributed by atoms with Crippen LogP contribution < -0.4 is 0 Å². The largest absolute Gasteiger partial charge is 0.363 e. The number of aliphatic hydroxyl groups excluding tert-OH is 1. The van der Waals surface area contributed by atoms with E-state index >= 15 is 0 Å². The van der Waals surface area contributed by atoms with Crippen LogP contribution in [-0.4, -0.2) is 16.3 Å². The number of fused-ring (bicyclic) bond motifs is 3. The van der Waals surface area contributed by atoms with Crippen LogP contribution in [0.5, 0.6) is 0 Å². The van der Waals surface area contributed by atoms with Gasteiger partial charge in [0.15, 0.2) is 6.29 Å². The van der Waals surface area contributed by atoms with E-state index in [1.165, 1.54) is 12.1 Å². The summed E-state index contributed by atoms with van der Waals surface area (Å²) in [6, 6.07) is 14.5. The zero-order valence-corrected chi connectivity index (χ0v) is 12.2. The van der Waals surface area contributed by atoms with E-state index in [2.05, 4.69) is 11.5 Å². The van der Waals surface area contributed by atoms with E-state index in [0.29, 0.717) is 6.61 Å². The lowest BCUT2D eigenvalue weighted by molar-refractivity contribution is -0.130. The number of hydrogen-bond donors (Lipinski definition) is 1. The molecule has 1 aliphatic rings. The number of benzene rings is 2. The summed E-state index contributed by atoms with van der Waals surface area (Å²) in [6.45, 7) is 2.53. The Morgan fingerprint density at radius 1 is 1.14 bits per heavy atom. The van der Waals surface area contributed by atoms with Crippen molar-refractivity contribution in [1.82, 2.24) is 4.57 Å². The Morgan fingerprint density at radius 3 is 2.64 bits per heavy atom. The van der Waals surface area contributed by atoms with Gasteiger partial charge in [0.05, 0.1) is 18.3 Å². The molecule has 112 valence electrons. The Morgan fingerprint density at radius 2 is 1.86 bits per heavy atom. The lowest BCUT2D eigenvalue weighted by atomic mass is 10.0. The molecule has 1 aliphatic heterocycles. The Kier molecular flexibility index (Phi) is 3.03. The number of hydrogen-bond acceptors (Lipinski definition) is 2. The molecular weight excluding hydrogens is 281 g/mol. The molecule has 0 radical (unpaired) electrons. The average molecular weight is 297 g/mol. The van der Waals surface area contributed by atoms with Crippen molar-refractivity contribution >= 4 is 10.9 Å². The van der Waals surface area contributed by atoms with Crippen LogP contribution in [0.3, 0.4) is 0 Å². The summed E-state index contributed by atoms with van der Waals surface area (Å²) in [5, 5.41) is 11.4. The summed E-state index contributed by atoms with van der Waals surface area (Å²) in [5.41, 5.74) is 3.59. The van der Waals surface area contributed by atoms with Crippen molar-refractivity contribution in [2.75, 3.05) is 6.61 Å². The average Bonchev–Trinajstić information content (AvgIpc) is 2.88. The minimum Gasteiger partial charge on any atom is -0.363 e. The van der Waals surface area contributed by atoms with E-state index < -0.39 is 6.29 Å². The lowest BCUT2D eigenvalue weighted by Gasteiger charge is -2.28. The first-order valence-electron chi connectivity index (χ1n) is 7.35. The molecule has 2 heterocycles. The molecule has 3 nitrogen and oxygen atoms in total. The molecule has 0 spiro atoms. The smallest absolute Gasteiger partial charge is 0.197 e. The Labute approximate surface area is 127 Å². The maximum absolute atomic E-state index is 13.2. The van der Waals surface area contributed by atoms with Crippen LogP contribution in [0.2, 0.25) is 0 Å². The summed E-state index contributed by atoms with van der Waals surface area (Å²) >= 11 is 0. The molecule has 1 aromatic heterocycles. The van der Waals surface area contributed by atoms with Crippen molar-refractivity contribution in [2.45, 2.75) is 19.3 Å². The zero-order valence-electron chi connectivity index (χ0n) is 12.2. The topological polar surface area (TPSA) is 34.4 Å². The van der Waals surface area contributed by atoms with Crippen molar-refractivity contribution in [2.24, 2.45) is 0 Å². The molecule has 0 saturated heterocycles. The number of ether oxygens (including phenoxy) is 1. The first-order valence-corrected chi connectivity index (χ1v) is 7.35. The Bertz CT molecular complexity index is 838. The third kappa shape index (κ3) is 1.88. The van der Waals surface area contributed by atoms with Crippen LogP contribution in [0.4, 0.5) is 4.39 Å². The second-order valence-corrected chi connectivity index (χ2v) is 5.69. The van der Waals surface area contributed by atoms with Gasteiger partial charge in [0, 0.05) is 16.5 Å². The first kappa shape index (κ1) is 13.5. The van der Waals surface area contributed by atoms with Gasteiger partial charge < -0.3 is 14.4 Å². The number of aliphatic hydroxyl groups is 1. The number of para-hydroxylation sites is 1. The second-order valence-electron chi connectivity index (χ2n) is 5.69. The van der Waals surface area contributed by atoms with Gasteiger partial charge in [-0.1, -0.05) is 30.3 Å². The summed E-state index contributed by atoms with van der Waals surface area (Å²) in [6.07, 6.45) is -0.969. The predicted molar refractivity (Wildman–Crippen MR) is 83.0 cm³/mol. The lowest BCUT2D eigenvalue weighted by Crippen LogP contribution is -2.25. The van der Waals surface area contributed by atoms with Crippen molar-refractivity contribution in [3.8, 4) is 11.1 Å². The van der Waals surface area contributed by atoms with Gasteiger partial charge in [-0.3, -0.25) is 0 Å². The number of halogens is 1. The van der Waals surface area contributed by atoms with Gasteiger partial charge in [-0.25, -0.2) is 4.39 Å². The third-order valence-electron chi connectivity index (χ3n) is 4.25. The highest BCUT2D eigenvalue weighted by molar-refractivity contribution is 5.98. The molecule has 2 aromatic carbocycles. The highest BCUT2D eigenvalue weighted by Gasteiger charge is 2.30. The van der Waals surface area contributed by atoms with Crippen molar-refractivity contribution < 1.29 is 14.2 Å². The quantitative estimate of drug-likeness (QED) is 0.736. The minimum absolute atomic E-state index is 0.137. The third-order valence-corrected chi connectivity index (χ3v) is 4.25. The molecular formula is C18H16FNO2. The fraction of sp³-hybridized carbons (Fsp3) is 0.222. The maximum atomic E-state index is 13.2. The van der Waals surface area contributed by atoms with Gasteiger partial charge in [0.25, 0.3) is 0 Å². The second kappa shape index (κ2) is 4.93. The fourth-order valence-electron chi connectivity index (χ4n) is 3.30.